The number of carbonyl (C=O) groups is 1. The first-order valence-electron chi connectivity index (χ1n) is 7.37. The van der Waals surface area contributed by atoms with Gasteiger partial charge in [0.15, 0.2) is 5.16 Å². The highest BCUT2D eigenvalue weighted by atomic mass is 32.2. The lowest BCUT2D eigenvalue weighted by Crippen LogP contribution is -2.19. The van der Waals surface area contributed by atoms with E-state index in [0.717, 1.165) is 17.0 Å². The monoisotopic (exact) mass is 339 g/mol. The van der Waals surface area contributed by atoms with Crippen LogP contribution in [-0.2, 0) is 4.79 Å². The number of nitrogens with two attached hydrogens (primary N) is 1. The van der Waals surface area contributed by atoms with Gasteiger partial charge in [0.05, 0.1) is 7.11 Å². The number of rotatable bonds is 6. The molecule has 0 unspecified atom stereocenters. The van der Waals surface area contributed by atoms with Crippen molar-refractivity contribution in [2.75, 3.05) is 7.11 Å². The quantitative estimate of drug-likeness (QED) is 0.700. The highest BCUT2D eigenvalue weighted by Gasteiger charge is 2.21. The first kappa shape index (κ1) is 16.1. The van der Waals surface area contributed by atoms with Crippen molar-refractivity contribution in [3.05, 3.63) is 72.6 Å². The number of imidazole rings is 1. The van der Waals surface area contributed by atoms with Gasteiger partial charge in [0.25, 0.3) is 0 Å². The molecule has 1 atom stereocenters. The fourth-order valence-corrected chi connectivity index (χ4v) is 3.36. The van der Waals surface area contributed by atoms with Gasteiger partial charge in [-0.1, -0.05) is 42.1 Å². The number of primary amides is 1. The first-order valence-corrected chi connectivity index (χ1v) is 8.25. The third kappa shape index (κ3) is 3.44. The van der Waals surface area contributed by atoms with E-state index in [4.69, 9.17) is 10.5 Å². The predicted octanol–water partition coefficient (Wildman–Crippen LogP) is 3.20. The summed E-state index contributed by atoms with van der Waals surface area (Å²) in [5, 5.41) is 0.207. The molecular formula is C18H17N3O2S. The number of aromatic nitrogens is 2. The number of benzene rings is 2. The maximum absolute atomic E-state index is 11.9. The molecule has 3 rings (SSSR count). The van der Waals surface area contributed by atoms with E-state index in [0.29, 0.717) is 5.16 Å². The second-order valence-electron chi connectivity index (χ2n) is 5.09. The normalized spacial score (nSPS) is 11.9. The van der Waals surface area contributed by atoms with Crippen molar-refractivity contribution in [2.24, 2.45) is 5.73 Å². The van der Waals surface area contributed by atoms with Crippen LogP contribution in [0.2, 0.25) is 0 Å². The number of amides is 1. The van der Waals surface area contributed by atoms with Crippen molar-refractivity contribution in [2.45, 2.75) is 10.4 Å². The van der Waals surface area contributed by atoms with Gasteiger partial charge in [-0.05, 0) is 29.8 Å². The number of methoxy groups -OCH3 is 1. The second kappa shape index (κ2) is 7.23. The Morgan fingerprint density at radius 2 is 1.88 bits per heavy atom. The third-order valence-electron chi connectivity index (χ3n) is 3.54. The zero-order chi connectivity index (χ0) is 16.9. The van der Waals surface area contributed by atoms with Gasteiger partial charge in [-0.15, -0.1) is 0 Å². The Morgan fingerprint density at radius 3 is 2.50 bits per heavy atom. The third-order valence-corrected chi connectivity index (χ3v) is 4.79. The molecule has 0 saturated carbocycles. The summed E-state index contributed by atoms with van der Waals surface area (Å²) in [5.74, 6) is 0.392. The minimum atomic E-state index is -0.495. The lowest BCUT2D eigenvalue weighted by molar-refractivity contribution is -0.117. The first-order chi connectivity index (χ1) is 11.7. The van der Waals surface area contributed by atoms with E-state index in [9.17, 15) is 4.79 Å². The molecule has 1 aromatic heterocycles. The Hall–Kier alpha value is -2.73. The molecule has 0 bridgehead atoms. The maximum atomic E-state index is 11.9. The molecule has 0 fully saturated rings. The number of nitrogens with zero attached hydrogens (tertiary/aromatic N) is 2. The van der Waals surface area contributed by atoms with Gasteiger partial charge >= 0.3 is 0 Å². The van der Waals surface area contributed by atoms with Gasteiger partial charge in [-0.3, -0.25) is 9.36 Å². The number of hydrogen-bond acceptors (Lipinski definition) is 4. The van der Waals surface area contributed by atoms with Gasteiger partial charge < -0.3 is 10.5 Å². The van der Waals surface area contributed by atoms with Gasteiger partial charge in [0.2, 0.25) is 5.91 Å². The standard InChI is InChI=1S/C18H17N3O2S/c1-23-15-9-7-14(8-10-15)21-12-11-20-18(21)24-16(17(19)22)13-5-3-2-4-6-13/h2-12,16H,1H3,(H2,19,22)/t16-/m1/s1. The van der Waals surface area contributed by atoms with Gasteiger partial charge in [0.1, 0.15) is 11.0 Å². The van der Waals surface area contributed by atoms with Crippen LogP contribution in [0, 0.1) is 0 Å². The van der Waals surface area contributed by atoms with Crippen LogP contribution in [0.1, 0.15) is 10.8 Å². The van der Waals surface area contributed by atoms with E-state index in [2.05, 4.69) is 4.98 Å². The Kier molecular flexibility index (Phi) is 4.86. The molecule has 0 radical (unpaired) electrons. The zero-order valence-electron chi connectivity index (χ0n) is 13.1. The molecule has 6 heteroatoms. The Balaban J connectivity index is 1.90. The Labute approximate surface area is 144 Å². The van der Waals surface area contributed by atoms with Crippen LogP contribution >= 0.6 is 11.8 Å². The van der Waals surface area contributed by atoms with Crippen molar-refractivity contribution in [1.29, 1.82) is 0 Å². The predicted molar refractivity (Wildman–Crippen MR) is 94.4 cm³/mol. The number of hydrogen-bond donors (Lipinski definition) is 1. The van der Waals surface area contributed by atoms with Crippen LogP contribution in [0.3, 0.4) is 0 Å². The van der Waals surface area contributed by atoms with E-state index in [1.165, 1.54) is 11.8 Å². The summed E-state index contributed by atoms with van der Waals surface area (Å²) < 4.78 is 7.10. The Morgan fingerprint density at radius 1 is 1.17 bits per heavy atom. The second-order valence-corrected chi connectivity index (χ2v) is 6.16. The molecule has 1 amide bonds. The average Bonchev–Trinajstić information content (AvgIpc) is 3.08. The van der Waals surface area contributed by atoms with Crippen molar-refractivity contribution in [3.63, 3.8) is 0 Å². The fraction of sp³-hybridized carbons (Fsp3) is 0.111. The van der Waals surface area contributed by atoms with Crippen molar-refractivity contribution in [3.8, 4) is 11.4 Å². The van der Waals surface area contributed by atoms with Gasteiger partial charge in [-0.25, -0.2) is 4.98 Å². The molecular weight excluding hydrogens is 322 g/mol. The van der Waals surface area contributed by atoms with Crippen molar-refractivity contribution in [1.82, 2.24) is 9.55 Å². The summed E-state index contributed by atoms with van der Waals surface area (Å²) in [7, 11) is 1.63. The van der Waals surface area contributed by atoms with E-state index >= 15 is 0 Å². The number of ether oxygens (including phenoxy) is 1. The lowest BCUT2D eigenvalue weighted by Gasteiger charge is -2.14. The molecule has 122 valence electrons. The fourth-order valence-electron chi connectivity index (χ4n) is 2.34. The topological polar surface area (TPSA) is 70.1 Å². The highest BCUT2D eigenvalue weighted by Crippen LogP contribution is 2.35. The van der Waals surface area contributed by atoms with E-state index in [1.54, 1.807) is 13.3 Å². The molecule has 0 aliphatic heterocycles. The van der Waals surface area contributed by atoms with Crippen LogP contribution in [-0.4, -0.2) is 22.6 Å². The average molecular weight is 339 g/mol. The summed E-state index contributed by atoms with van der Waals surface area (Å²) in [6, 6.07) is 17.1. The van der Waals surface area contributed by atoms with E-state index < -0.39 is 11.2 Å². The molecule has 0 aliphatic rings. The lowest BCUT2D eigenvalue weighted by atomic mass is 10.1. The molecule has 2 aromatic carbocycles. The summed E-state index contributed by atoms with van der Waals surface area (Å²) in [5.41, 5.74) is 7.40. The summed E-state index contributed by atoms with van der Waals surface area (Å²) in [4.78, 5) is 16.3. The van der Waals surface area contributed by atoms with Crippen molar-refractivity contribution >= 4 is 17.7 Å². The molecule has 0 aliphatic carbocycles. The van der Waals surface area contributed by atoms with Crippen LogP contribution < -0.4 is 10.5 Å². The molecule has 1 heterocycles. The SMILES string of the molecule is COc1ccc(-n2ccnc2S[C@@H](C(N)=O)c2ccccc2)cc1. The molecule has 0 saturated heterocycles. The highest BCUT2D eigenvalue weighted by molar-refractivity contribution is 8.00. The summed E-state index contributed by atoms with van der Waals surface area (Å²) in [6.45, 7) is 0. The summed E-state index contributed by atoms with van der Waals surface area (Å²) in [6.07, 6.45) is 3.56. The molecule has 0 spiro atoms. The van der Waals surface area contributed by atoms with E-state index in [1.807, 2.05) is 65.4 Å². The van der Waals surface area contributed by atoms with Crippen LogP contribution in [0.15, 0.2) is 72.1 Å². The largest absolute Gasteiger partial charge is 0.497 e. The molecule has 5 nitrogen and oxygen atoms in total. The number of carbonyl (C=O) groups excluding carboxylic acids is 1. The van der Waals surface area contributed by atoms with E-state index in [-0.39, 0.29) is 0 Å². The van der Waals surface area contributed by atoms with Crippen LogP contribution in [0.4, 0.5) is 0 Å². The van der Waals surface area contributed by atoms with Gasteiger partial charge in [-0.2, -0.15) is 0 Å². The maximum Gasteiger partial charge on any atom is 0.235 e. The smallest absolute Gasteiger partial charge is 0.235 e. The van der Waals surface area contributed by atoms with Gasteiger partial charge in [0, 0.05) is 18.1 Å². The summed E-state index contributed by atoms with van der Waals surface area (Å²) >= 11 is 1.33. The van der Waals surface area contributed by atoms with Crippen LogP contribution in [0.25, 0.3) is 5.69 Å². The zero-order valence-corrected chi connectivity index (χ0v) is 13.9. The minimum absolute atomic E-state index is 0.393. The number of thioether (sulfide) groups is 1. The van der Waals surface area contributed by atoms with Crippen molar-refractivity contribution < 1.29 is 9.53 Å². The molecule has 2 N–H and O–H groups in total. The Bertz CT molecular complexity index is 816. The molecule has 3 aromatic rings. The minimum Gasteiger partial charge on any atom is -0.497 e. The van der Waals surface area contributed by atoms with Crippen LogP contribution in [0.5, 0.6) is 5.75 Å². The molecule has 24 heavy (non-hydrogen) atoms.